The van der Waals surface area contributed by atoms with E-state index in [0.29, 0.717) is 12.2 Å². The molecule has 0 heterocycles. The molecule has 1 saturated carbocycles. The third kappa shape index (κ3) is 3.84. The van der Waals surface area contributed by atoms with Crippen LogP contribution in [0.3, 0.4) is 0 Å². The number of aliphatic hydroxyl groups excluding tert-OH is 2. The second kappa shape index (κ2) is 6.58. The lowest BCUT2D eigenvalue weighted by molar-refractivity contribution is -0.124. The summed E-state index contributed by atoms with van der Waals surface area (Å²) in [7, 11) is 0. The van der Waals surface area contributed by atoms with Gasteiger partial charge in [0.05, 0.1) is 18.2 Å². The second-order valence-electron chi connectivity index (χ2n) is 4.69. The van der Waals surface area contributed by atoms with Crippen LogP contribution in [0.5, 0.6) is 0 Å². The zero-order valence-corrected chi connectivity index (χ0v) is 10.8. The molecule has 100 valence electrons. The molecule has 3 unspecified atom stereocenters. The van der Waals surface area contributed by atoms with E-state index in [1.54, 1.807) is 11.8 Å². The molecule has 0 aliphatic heterocycles. The quantitative estimate of drug-likeness (QED) is 0.460. The molecule has 3 atom stereocenters. The van der Waals surface area contributed by atoms with E-state index in [9.17, 15) is 9.90 Å². The van der Waals surface area contributed by atoms with Gasteiger partial charge in [-0.05, 0) is 30.9 Å². The molecule has 0 saturated heterocycles. The first-order valence-corrected chi connectivity index (χ1v) is 7.11. The predicted octanol–water partition coefficient (Wildman–Crippen LogP) is -0.554. The fraction of sp³-hybridized carbons (Fsp3) is 0.909. The van der Waals surface area contributed by atoms with E-state index in [4.69, 9.17) is 16.6 Å². The number of carbonyl (C=O) groups is 1. The average molecular weight is 262 g/mol. The highest BCUT2D eigenvalue weighted by Crippen LogP contribution is 2.36. The maximum atomic E-state index is 11.3. The molecule has 0 aromatic heterocycles. The Morgan fingerprint density at radius 1 is 1.59 bits per heavy atom. The summed E-state index contributed by atoms with van der Waals surface area (Å²) in [6, 6.07) is 0. The molecule has 6 N–H and O–H groups in total. The van der Waals surface area contributed by atoms with Gasteiger partial charge < -0.3 is 21.7 Å². The smallest absolute Gasteiger partial charge is 0.237 e. The molecule has 1 fully saturated rings. The summed E-state index contributed by atoms with van der Waals surface area (Å²) in [6.45, 7) is -0.210. The molecule has 6 heteroatoms. The maximum absolute atomic E-state index is 11.3. The van der Waals surface area contributed by atoms with E-state index in [-0.39, 0.29) is 12.5 Å². The van der Waals surface area contributed by atoms with Gasteiger partial charge in [-0.2, -0.15) is 11.8 Å². The number of carbonyl (C=O) groups excluding carboxylic acids is 1. The minimum atomic E-state index is -0.837. The Bertz CT molecular complexity index is 265. The Kier molecular flexibility index (Phi) is 5.72. The molecule has 0 aromatic carbocycles. The highest BCUT2D eigenvalue weighted by molar-refractivity contribution is 7.99. The maximum Gasteiger partial charge on any atom is 0.237 e. The summed E-state index contributed by atoms with van der Waals surface area (Å²) in [5, 5.41) is 17.8. The van der Waals surface area contributed by atoms with Crippen LogP contribution in [-0.4, -0.2) is 45.9 Å². The SMILES string of the molecule is NC(=O)C1(N)CCCC1CCSCC(O)CO. The number of thioether (sulfide) groups is 1. The Hall–Kier alpha value is -0.300. The van der Waals surface area contributed by atoms with E-state index in [2.05, 4.69) is 0 Å². The number of amides is 1. The van der Waals surface area contributed by atoms with Crippen LogP contribution in [0.15, 0.2) is 0 Å². The van der Waals surface area contributed by atoms with Crippen LogP contribution in [0.4, 0.5) is 0 Å². The lowest BCUT2D eigenvalue weighted by Crippen LogP contribution is -2.54. The number of hydrogen-bond donors (Lipinski definition) is 4. The molecule has 17 heavy (non-hydrogen) atoms. The summed E-state index contributed by atoms with van der Waals surface area (Å²) in [4.78, 5) is 11.3. The minimum Gasteiger partial charge on any atom is -0.394 e. The lowest BCUT2D eigenvalue weighted by Gasteiger charge is -2.27. The summed E-state index contributed by atoms with van der Waals surface area (Å²) in [5.41, 5.74) is 10.6. The third-order valence-electron chi connectivity index (χ3n) is 3.46. The highest BCUT2D eigenvalue weighted by atomic mass is 32.2. The Balaban J connectivity index is 2.29. The van der Waals surface area contributed by atoms with Crippen LogP contribution in [0.2, 0.25) is 0 Å². The summed E-state index contributed by atoms with van der Waals surface area (Å²) in [6.07, 6.45) is 2.75. The molecular formula is C11H22N2O3S. The first-order chi connectivity index (χ1) is 8.00. The minimum absolute atomic E-state index is 0.152. The summed E-state index contributed by atoms with van der Waals surface area (Å²) >= 11 is 1.57. The van der Waals surface area contributed by atoms with Crippen molar-refractivity contribution in [1.82, 2.24) is 0 Å². The molecule has 0 aromatic rings. The fourth-order valence-electron chi connectivity index (χ4n) is 2.33. The molecule has 0 spiro atoms. The van der Waals surface area contributed by atoms with Crippen molar-refractivity contribution < 1.29 is 15.0 Å². The van der Waals surface area contributed by atoms with Gasteiger partial charge in [0, 0.05) is 5.75 Å². The molecule has 1 amide bonds. The van der Waals surface area contributed by atoms with Crippen LogP contribution >= 0.6 is 11.8 Å². The highest BCUT2D eigenvalue weighted by Gasteiger charge is 2.43. The van der Waals surface area contributed by atoms with Crippen molar-refractivity contribution in [3.63, 3.8) is 0 Å². The van der Waals surface area contributed by atoms with Crippen molar-refractivity contribution in [3.8, 4) is 0 Å². The van der Waals surface area contributed by atoms with E-state index < -0.39 is 17.6 Å². The zero-order valence-electron chi connectivity index (χ0n) is 9.97. The van der Waals surface area contributed by atoms with Crippen molar-refractivity contribution in [2.24, 2.45) is 17.4 Å². The molecule has 1 rings (SSSR count). The van der Waals surface area contributed by atoms with Crippen molar-refractivity contribution in [3.05, 3.63) is 0 Å². The number of nitrogens with two attached hydrogens (primary N) is 2. The molecule has 1 aliphatic rings. The number of hydrogen-bond acceptors (Lipinski definition) is 5. The van der Waals surface area contributed by atoms with Gasteiger partial charge in [-0.3, -0.25) is 4.79 Å². The lowest BCUT2D eigenvalue weighted by atomic mass is 9.85. The van der Waals surface area contributed by atoms with Crippen molar-refractivity contribution in [1.29, 1.82) is 0 Å². The van der Waals surface area contributed by atoms with Gasteiger partial charge in [-0.25, -0.2) is 0 Å². The molecule has 0 bridgehead atoms. The van der Waals surface area contributed by atoms with Gasteiger partial charge in [0.1, 0.15) is 0 Å². The largest absolute Gasteiger partial charge is 0.394 e. The van der Waals surface area contributed by atoms with Gasteiger partial charge in [0.15, 0.2) is 0 Å². The van der Waals surface area contributed by atoms with Gasteiger partial charge in [0.2, 0.25) is 5.91 Å². The third-order valence-corrected chi connectivity index (χ3v) is 4.61. The molecular weight excluding hydrogens is 240 g/mol. The topological polar surface area (TPSA) is 110 Å². The standard InChI is InChI=1S/C11H22N2O3S/c12-10(16)11(13)4-1-2-8(11)3-5-17-7-9(15)6-14/h8-9,14-15H,1-7,13H2,(H2,12,16). The Morgan fingerprint density at radius 3 is 2.88 bits per heavy atom. The van der Waals surface area contributed by atoms with E-state index >= 15 is 0 Å². The monoisotopic (exact) mass is 262 g/mol. The molecule has 5 nitrogen and oxygen atoms in total. The van der Waals surface area contributed by atoms with Gasteiger partial charge in [0.25, 0.3) is 0 Å². The van der Waals surface area contributed by atoms with Gasteiger partial charge in [-0.15, -0.1) is 0 Å². The number of aliphatic hydroxyl groups is 2. The first kappa shape index (κ1) is 14.8. The van der Waals surface area contributed by atoms with E-state index in [1.807, 2.05) is 0 Å². The first-order valence-electron chi connectivity index (χ1n) is 5.96. The fourth-order valence-corrected chi connectivity index (χ4v) is 3.32. The Morgan fingerprint density at radius 2 is 2.29 bits per heavy atom. The van der Waals surface area contributed by atoms with Crippen LogP contribution in [0.1, 0.15) is 25.7 Å². The van der Waals surface area contributed by atoms with Crippen LogP contribution in [-0.2, 0) is 4.79 Å². The molecule has 0 radical (unpaired) electrons. The Labute approximate surface area is 106 Å². The number of rotatable bonds is 7. The summed E-state index contributed by atoms with van der Waals surface area (Å²) in [5.74, 6) is 1.09. The van der Waals surface area contributed by atoms with E-state index in [0.717, 1.165) is 25.0 Å². The zero-order chi connectivity index (χ0) is 12.9. The van der Waals surface area contributed by atoms with E-state index in [1.165, 1.54) is 0 Å². The van der Waals surface area contributed by atoms with Crippen LogP contribution < -0.4 is 11.5 Å². The van der Waals surface area contributed by atoms with Crippen LogP contribution in [0.25, 0.3) is 0 Å². The average Bonchev–Trinajstić information content (AvgIpc) is 2.67. The van der Waals surface area contributed by atoms with Gasteiger partial charge in [-0.1, -0.05) is 6.42 Å². The van der Waals surface area contributed by atoms with Crippen molar-refractivity contribution >= 4 is 17.7 Å². The normalized spacial score (nSPS) is 30.4. The van der Waals surface area contributed by atoms with Gasteiger partial charge >= 0.3 is 0 Å². The predicted molar refractivity (Wildman–Crippen MR) is 68.5 cm³/mol. The summed E-state index contributed by atoms with van der Waals surface area (Å²) < 4.78 is 0. The van der Waals surface area contributed by atoms with Crippen LogP contribution in [0, 0.1) is 5.92 Å². The van der Waals surface area contributed by atoms with Crippen molar-refractivity contribution in [2.75, 3.05) is 18.1 Å². The second-order valence-corrected chi connectivity index (χ2v) is 5.84. The molecule has 1 aliphatic carbocycles. The van der Waals surface area contributed by atoms with Crippen molar-refractivity contribution in [2.45, 2.75) is 37.3 Å². The number of primary amides is 1.